The van der Waals surface area contributed by atoms with Crippen LogP contribution in [0.5, 0.6) is 23.0 Å². The van der Waals surface area contributed by atoms with Crippen LogP contribution in [0.1, 0.15) is 87.8 Å². The fourth-order valence-corrected chi connectivity index (χ4v) is 13.0. The maximum Gasteiger partial charge on any atom is 0.407 e. The summed E-state index contributed by atoms with van der Waals surface area (Å²) in [4.78, 5) is 128. The standard InChI is InChI=1S/C81H98N6O27/c1-49(88)86-70-74(111-53(5)92)72(109-51(3)90)66(47-107-80(55-19-13-11-14-20-55,57-23-31-62(99-7)32-24-57)58-25-33-63(100-8)34-26-58)113-76(70)103-41-17-39-82-68(95)43-84-78(97)105-45-61(94)46-106-79(98)85-44-69(96)83-40-18-42-104-77-71(87-50(2)89)75(112-54(6)93)73(110-52(4)91)67(114-77)48-108-81(56-21-15-12-16-22-56,59-27-35-64(101-9)36-28-59)60-29-37-65(102-10)38-30-60/h11-16,19-38,61,66-67,70-77,94H,17-18,39-48H2,1-10H3,(H,82,95)(H,83,96)(H,84,97)(H,85,98)(H,86,88)(H,87,89)/t66-,67-,70-,71-,72+,73+,74-,75-,76-,77-/m1/s1. The van der Waals surface area contributed by atoms with Crippen molar-refractivity contribution in [3.05, 3.63) is 191 Å². The minimum atomic E-state index is -1.54. The summed E-state index contributed by atoms with van der Waals surface area (Å²) in [6.07, 6.45) is -14.2. The monoisotopic (exact) mass is 1590 g/mol. The van der Waals surface area contributed by atoms with Crippen molar-refractivity contribution in [1.82, 2.24) is 31.9 Å². The number of methoxy groups -OCH3 is 4. The van der Waals surface area contributed by atoms with Crippen LogP contribution in [-0.2, 0) is 106 Å². The number of hydrogen-bond acceptors (Lipinski definition) is 27. The van der Waals surface area contributed by atoms with E-state index in [1.807, 2.05) is 109 Å². The number of hydrogen-bond donors (Lipinski definition) is 7. The van der Waals surface area contributed by atoms with E-state index in [1.54, 1.807) is 77.0 Å². The zero-order valence-corrected chi connectivity index (χ0v) is 64.9. The molecule has 0 aromatic heterocycles. The highest BCUT2D eigenvalue weighted by molar-refractivity contribution is 5.83. The minimum absolute atomic E-state index is 0.0128. The Bertz CT molecular complexity index is 3770. The maximum absolute atomic E-state index is 12.9. The number of carbonyl (C=O) groups excluding carboxylic acids is 10. The Kier molecular flexibility index (Phi) is 33.7. The molecule has 0 unspecified atom stereocenters. The highest BCUT2D eigenvalue weighted by Gasteiger charge is 2.54. The molecule has 10 atom stereocenters. The molecule has 2 heterocycles. The van der Waals surface area contributed by atoms with Crippen LogP contribution in [0.4, 0.5) is 9.59 Å². The van der Waals surface area contributed by atoms with Crippen LogP contribution in [0.15, 0.2) is 158 Å². The molecule has 8 rings (SSSR count). The lowest BCUT2D eigenvalue weighted by Gasteiger charge is -2.46. The lowest BCUT2D eigenvalue weighted by molar-refractivity contribution is -0.282. The molecule has 2 aliphatic heterocycles. The van der Waals surface area contributed by atoms with Crippen molar-refractivity contribution in [3.63, 3.8) is 0 Å². The lowest BCUT2D eigenvalue weighted by Crippen LogP contribution is -2.66. The summed E-state index contributed by atoms with van der Waals surface area (Å²) >= 11 is 0. The molecule has 0 saturated carbocycles. The van der Waals surface area contributed by atoms with Gasteiger partial charge in [0, 0.05) is 54.6 Å². The van der Waals surface area contributed by atoms with E-state index in [-0.39, 0.29) is 52.4 Å². The van der Waals surface area contributed by atoms with Gasteiger partial charge in [0.1, 0.15) is 77.8 Å². The number of benzene rings is 6. The first-order valence-corrected chi connectivity index (χ1v) is 36.6. The summed E-state index contributed by atoms with van der Waals surface area (Å²) < 4.78 is 95.1. The first-order chi connectivity index (χ1) is 54.8. The van der Waals surface area contributed by atoms with E-state index < -0.39 is 165 Å². The smallest absolute Gasteiger partial charge is 0.407 e. The number of rotatable bonds is 40. The Labute approximate surface area is 659 Å². The topological polar surface area (TPSA) is 411 Å². The summed E-state index contributed by atoms with van der Waals surface area (Å²) in [5.74, 6) is -3.19. The molecule has 0 aliphatic carbocycles. The third-order valence-electron chi connectivity index (χ3n) is 18.0. The highest BCUT2D eigenvalue weighted by atomic mass is 16.7. The van der Waals surface area contributed by atoms with Crippen LogP contribution in [0.2, 0.25) is 0 Å². The fraction of sp³-hybridized carbons (Fsp3) is 0.432. The van der Waals surface area contributed by atoms with Crippen molar-refractivity contribution in [2.24, 2.45) is 0 Å². The van der Waals surface area contributed by atoms with Crippen molar-refractivity contribution in [3.8, 4) is 23.0 Å². The molecule has 6 aromatic carbocycles. The number of carbonyl (C=O) groups is 10. The van der Waals surface area contributed by atoms with Crippen LogP contribution in [0.25, 0.3) is 0 Å². The molecule has 7 N–H and O–H groups in total. The largest absolute Gasteiger partial charge is 0.497 e. The van der Waals surface area contributed by atoms with E-state index in [0.29, 0.717) is 56.4 Å². The molecule has 2 fully saturated rings. The lowest BCUT2D eigenvalue weighted by atomic mass is 9.80. The zero-order valence-electron chi connectivity index (χ0n) is 64.9. The first-order valence-electron chi connectivity index (χ1n) is 36.6. The third kappa shape index (κ3) is 24.8. The predicted molar refractivity (Wildman–Crippen MR) is 403 cm³/mol. The Morgan fingerprint density at radius 1 is 0.395 bits per heavy atom. The Morgan fingerprint density at radius 2 is 0.684 bits per heavy atom. The van der Waals surface area contributed by atoms with Crippen molar-refractivity contribution < 1.29 is 129 Å². The normalized spacial score (nSPS) is 19.5. The Morgan fingerprint density at radius 3 is 0.965 bits per heavy atom. The van der Waals surface area contributed by atoms with Crippen LogP contribution < -0.4 is 50.8 Å². The molecule has 614 valence electrons. The molecule has 2 saturated heterocycles. The predicted octanol–water partition coefficient (Wildman–Crippen LogP) is 5.08. The molecule has 33 nitrogen and oxygen atoms in total. The van der Waals surface area contributed by atoms with E-state index >= 15 is 0 Å². The molecule has 0 radical (unpaired) electrons. The number of amides is 6. The second-order valence-corrected chi connectivity index (χ2v) is 26.2. The van der Waals surface area contributed by atoms with Gasteiger partial charge in [0.15, 0.2) is 37.0 Å². The van der Waals surface area contributed by atoms with Gasteiger partial charge in [-0.1, -0.05) is 109 Å². The van der Waals surface area contributed by atoms with E-state index in [9.17, 15) is 53.1 Å². The van der Waals surface area contributed by atoms with E-state index in [1.165, 1.54) is 27.7 Å². The number of aliphatic hydroxyl groups is 1. The van der Waals surface area contributed by atoms with Crippen LogP contribution >= 0.6 is 0 Å². The fourth-order valence-electron chi connectivity index (χ4n) is 13.0. The molecule has 6 amide bonds. The molecular weight excluding hydrogens is 1490 g/mol. The molecule has 0 spiro atoms. The van der Waals surface area contributed by atoms with E-state index in [4.69, 9.17) is 75.8 Å². The van der Waals surface area contributed by atoms with Crippen molar-refractivity contribution >= 4 is 59.7 Å². The Balaban J connectivity index is 0.788. The number of alkyl carbamates (subject to hydrolysis) is 2. The van der Waals surface area contributed by atoms with Gasteiger partial charge in [0.05, 0.1) is 68.0 Å². The molecule has 0 bridgehead atoms. The number of esters is 4. The average molecular weight is 1590 g/mol. The maximum atomic E-state index is 12.9. The van der Waals surface area contributed by atoms with Gasteiger partial charge in [-0.2, -0.15) is 0 Å². The van der Waals surface area contributed by atoms with E-state index in [0.717, 1.165) is 13.8 Å². The van der Waals surface area contributed by atoms with Crippen LogP contribution in [-0.4, -0.2) is 226 Å². The third-order valence-corrected chi connectivity index (χ3v) is 18.0. The summed E-state index contributed by atoms with van der Waals surface area (Å²) in [6, 6.07) is 45.2. The van der Waals surface area contributed by atoms with Gasteiger partial charge in [-0.05, 0) is 94.8 Å². The first kappa shape index (κ1) is 88.1. The number of nitrogens with one attached hydrogen (secondary N) is 6. The average Bonchev–Trinajstić information content (AvgIpc) is 0.751. The van der Waals surface area contributed by atoms with Crippen molar-refractivity contribution in [2.75, 3.05) is 94.3 Å². The zero-order chi connectivity index (χ0) is 82.3. The minimum Gasteiger partial charge on any atom is -0.497 e. The second kappa shape index (κ2) is 43.5. The highest BCUT2D eigenvalue weighted by Crippen LogP contribution is 2.45. The van der Waals surface area contributed by atoms with E-state index in [2.05, 4.69) is 31.9 Å². The molecule has 2 aliphatic rings. The van der Waals surface area contributed by atoms with Gasteiger partial charge in [-0.25, -0.2) is 9.59 Å². The number of ether oxygens (including phenoxy) is 16. The Hall–Kier alpha value is -11.5. The SMILES string of the molecule is COc1ccc(C(OC[C@H]2O[C@@H](OCCCNC(=O)CNC(=O)OCC(O)COC(=O)NCC(=O)NCCCO[C@@H]3O[C@H](COC(c4ccccc4)(c4ccc(OC)cc4)c4ccc(OC)cc4)[C@H](OC(C)=O)[C@H](OC(C)=O)[C@H]3NC(C)=O)[C@H](NC(C)=O)[C@@H](OC(C)=O)[C@H]2OC(C)=O)(c2ccccc2)c2ccc(OC)cc2)cc1. The van der Waals surface area contributed by atoms with Gasteiger partial charge in [-0.3, -0.25) is 38.4 Å². The molecule has 114 heavy (non-hydrogen) atoms. The van der Waals surface area contributed by atoms with Gasteiger partial charge >= 0.3 is 36.1 Å². The van der Waals surface area contributed by atoms with Gasteiger partial charge in [-0.15, -0.1) is 0 Å². The summed E-state index contributed by atoms with van der Waals surface area (Å²) in [6.45, 7) is 3.64. The van der Waals surface area contributed by atoms with Crippen LogP contribution in [0, 0.1) is 0 Å². The molecule has 33 heteroatoms. The molecule has 6 aromatic rings. The van der Waals surface area contributed by atoms with Gasteiger partial charge < -0.3 is 113 Å². The quantitative estimate of drug-likeness (QED) is 0.0114. The van der Waals surface area contributed by atoms with Crippen molar-refractivity contribution in [1.29, 1.82) is 0 Å². The van der Waals surface area contributed by atoms with Crippen molar-refractivity contribution in [2.45, 2.75) is 133 Å². The summed E-state index contributed by atoms with van der Waals surface area (Å²) in [5.41, 5.74) is 1.26. The second-order valence-electron chi connectivity index (χ2n) is 26.2. The van der Waals surface area contributed by atoms with Crippen LogP contribution in [0.3, 0.4) is 0 Å². The van der Waals surface area contributed by atoms with Gasteiger partial charge in [0.2, 0.25) is 23.6 Å². The summed E-state index contributed by atoms with van der Waals surface area (Å²) in [5, 5.41) is 25.6. The van der Waals surface area contributed by atoms with Gasteiger partial charge in [0.25, 0.3) is 0 Å². The molecular formula is C81H98N6O27. The number of aliphatic hydroxyl groups excluding tert-OH is 1. The summed E-state index contributed by atoms with van der Waals surface area (Å²) in [7, 11) is 6.18.